The summed E-state index contributed by atoms with van der Waals surface area (Å²) in [7, 11) is 0. The lowest BCUT2D eigenvalue weighted by Gasteiger charge is -2.69. The van der Waals surface area contributed by atoms with E-state index in [2.05, 4.69) is 0 Å². The van der Waals surface area contributed by atoms with E-state index >= 15 is 0 Å². The molecule has 19 heavy (non-hydrogen) atoms. The highest BCUT2D eigenvalue weighted by atomic mass is 16.3. The van der Waals surface area contributed by atoms with E-state index in [9.17, 15) is 20.4 Å². The fourth-order valence-corrected chi connectivity index (χ4v) is 5.97. The van der Waals surface area contributed by atoms with Crippen molar-refractivity contribution in [3.8, 4) is 0 Å². The van der Waals surface area contributed by atoms with Crippen molar-refractivity contribution in [1.82, 2.24) is 0 Å². The van der Waals surface area contributed by atoms with E-state index in [0.29, 0.717) is 51.4 Å². The van der Waals surface area contributed by atoms with Crippen molar-refractivity contribution in [2.24, 2.45) is 5.41 Å². The Bertz CT molecular complexity index is 347. The van der Waals surface area contributed by atoms with Gasteiger partial charge < -0.3 is 20.4 Å². The molecule has 0 aromatic carbocycles. The Morgan fingerprint density at radius 2 is 1.05 bits per heavy atom. The molecular formula is C15H26O4. The Morgan fingerprint density at radius 1 is 0.737 bits per heavy atom. The molecule has 0 aromatic heterocycles. The molecule has 0 unspecified atom stereocenters. The maximum atomic E-state index is 11.0. The Hall–Kier alpha value is -0.160. The third kappa shape index (κ3) is 1.73. The van der Waals surface area contributed by atoms with Crippen LogP contribution in [-0.2, 0) is 0 Å². The topological polar surface area (TPSA) is 80.9 Å². The normalized spacial score (nSPS) is 52.7. The third-order valence-electron chi connectivity index (χ3n) is 6.13. The first kappa shape index (κ1) is 13.8. The van der Waals surface area contributed by atoms with Crippen molar-refractivity contribution >= 4 is 0 Å². The van der Waals surface area contributed by atoms with Crippen molar-refractivity contribution in [2.75, 3.05) is 0 Å². The molecule has 4 rings (SSSR count). The van der Waals surface area contributed by atoms with Gasteiger partial charge in [-0.2, -0.15) is 0 Å². The zero-order valence-corrected chi connectivity index (χ0v) is 11.9. The SMILES string of the molecule is CCC(O)(CC)C12CC3(O)CC(O)(CC(O)(C3)C1)C2. The van der Waals surface area contributed by atoms with E-state index in [1.54, 1.807) is 0 Å². The second kappa shape index (κ2) is 3.53. The summed E-state index contributed by atoms with van der Waals surface area (Å²) in [5, 5.41) is 43.2. The molecule has 4 bridgehead atoms. The van der Waals surface area contributed by atoms with Crippen molar-refractivity contribution in [3.63, 3.8) is 0 Å². The van der Waals surface area contributed by atoms with Crippen molar-refractivity contribution in [2.45, 2.75) is 87.6 Å². The Labute approximate surface area is 114 Å². The lowest BCUT2D eigenvalue weighted by Crippen LogP contribution is -2.73. The van der Waals surface area contributed by atoms with Crippen molar-refractivity contribution in [3.05, 3.63) is 0 Å². The van der Waals surface area contributed by atoms with Crippen LogP contribution in [0.15, 0.2) is 0 Å². The number of aliphatic hydroxyl groups is 4. The molecular weight excluding hydrogens is 244 g/mol. The smallest absolute Gasteiger partial charge is 0.0708 e. The van der Waals surface area contributed by atoms with Crippen LogP contribution in [-0.4, -0.2) is 42.8 Å². The molecule has 0 spiro atoms. The van der Waals surface area contributed by atoms with Gasteiger partial charge in [-0.15, -0.1) is 0 Å². The summed E-state index contributed by atoms with van der Waals surface area (Å²) in [5.74, 6) is 0. The van der Waals surface area contributed by atoms with Gasteiger partial charge in [-0.25, -0.2) is 0 Å². The van der Waals surface area contributed by atoms with Gasteiger partial charge in [0.15, 0.2) is 0 Å². The van der Waals surface area contributed by atoms with Gasteiger partial charge in [0.1, 0.15) is 0 Å². The molecule has 110 valence electrons. The van der Waals surface area contributed by atoms with Gasteiger partial charge in [0.2, 0.25) is 0 Å². The van der Waals surface area contributed by atoms with Gasteiger partial charge in [0.25, 0.3) is 0 Å². The van der Waals surface area contributed by atoms with Gasteiger partial charge in [-0.05, 0) is 32.1 Å². The van der Waals surface area contributed by atoms with Gasteiger partial charge >= 0.3 is 0 Å². The summed E-state index contributed by atoms with van der Waals surface area (Å²) < 4.78 is 0. The molecule has 4 N–H and O–H groups in total. The monoisotopic (exact) mass is 270 g/mol. The van der Waals surface area contributed by atoms with Crippen molar-refractivity contribution in [1.29, 1.82) is 0 Å². The first-order valence-electron chi connectivity index (χ1n) is 7.51. The molecule has 0 aliphatic heterocycles. The van der Waals surface area contributed by atoms with E-state index < -0.39 is 27.8 Å². The third-order valence-corrected chi connectivity index (χ3v) is 6.13. The standard InChI is InChI=1S/C15H26O4/c1-3-15(19,4-2)11-5-12(16)8-13(17,6-11)10-14(18,7-11)9-12/h16-19H,3-10H2,1-2H3. The predicted molar refractivity (Wildman–Crippen MR) is 70.5 cm³/mol. The fourth-order valence-electron chi connectivity index (χ4n) is 5.97. The molecule has 4 aliphatic rings. The van der Waals surface area contributed by atoms with E-state index in [1.165, 1.54) is 0 Å². The summed E-state index contributed by atoms with van der Waals surface area (Å²) in [6.07, 6.45) is 3.71. The van der Waals surface area contributed by atoms with Crippen LogP contribution in [0.3, 0.4) is 0 Å². The molecule has 4 nitrogen and oxygen atoms in total. The Kier molecular flexibility index (Phi) is 2.57. The number of hydrogen-bond acceptors (Lipinski definition) is 4. The van der Waals surface area contributed by atoms with Gasteiger partial charge in [0, 0.05) is 24.7 Å². The lowest BCUT2D eigenvalue weighted by molar-refractivity contribution is -0.315. The second-order valence-electron chi connectivity index (χ2n) is 7.75. The molecule has 0 heterocycles. The largest absolute Gasteiger partial charge is 0.390 e. The zero-order chi connectivity index (χ0) is 14.2. The van der Waals surface area contributed by atoms with Crippen LogP contribution in [0.2, 0.25) is 0 Å². The Balaban J connectivity index is 2.09. The highest BCUT2D eigenvalue weighted by Crippen LogP contribution is 2.68. The summed E-state index contributed by atoms with van der Waals surface area (Å²) in [4.78, 5) is 0. The van der Waals surface area contributed by atoms with Gasteiger partial charge in [0.05, 0.1) is 22.4 Å². The lowest BCUT2D eigenvalue weighted by atomic mass is 9.40. The first-order chi connectivity index (χ1) is 8.61. The molecule has 0 aromatic rings. The van der Waals surface area contributed by atoms with Crippen LogP contribution in [0.4, 0.5) is 0 Å². The number of hydrogen-bond donors (Lipinski definition) is 4. The van der Waals surface area contributed by atoms with Crippen LogP contribution in [0.1, 0.15) is 65.2 Å². The maximum absolute atomic E-state index is 11.0. The minimum absolute atomic E-state index is 0.341. The van der Waals surface area contributed by atoms with Crippen molar-refractivity contribution < 1.29 is 20.4 Å². The summed E-state index contributed by atoms with van der Waals surface area (Å²) in [6.45, 7) is 3.89. The molecule has 4 saturated carbocycles. The van der Waals surface area contributed by atoms with Crippen LogP contribution in [0.5, 0.6) is 0 Å². The van der Waals surface area contributed by atoms with Crippen LogP contribution >= 0.6 is 0 Å². The highest BCUT2D eigenvalue weighted by Gasteiger charge is 2.71. The van der Waals surface area contributed by atoms with E-state index in [0.717, 1.165) is 0 Å². The quantitative estimate of drug-likeness (QED) is 0.619. The summed E-state index contributed by atoms with van der Waals surface area (Å²) in [6, 6.07) is 0. The fraction of sp³-hybridized carbons (Fsp3) is 1.00. The summed E-state index contributed by atoms with van der Waals surface area (Å²) >= 11 is 0. The van der Waals surface area contributed by atoms with Gasteiger partial charge in [-0.1, -0.05) is 13.8 Å². The van der Waals surface area contributed by atoms with E-state index in [-0.39, 0.29) is 0 Å². The van der Waals surface area contributed by atoms with E-state index in [1.807, 2.05) is 13.8 Å². The second-order valence-corrected chi connectivity index (χ2v) is 7.75. The number of rotatable bonds is 3. The highest BCUT2D eigenvalue weighted by molar-refractivity contribution is 5.23. The molecule has 0 radical (unpaired) electrons. The average molecular weight is 270 g/mol. The maximum Gasteiger partial charge on any atom is 0.0708 e. The van der Waals surface area contributed by atoms with Crippen LogP contribution in [0, 0.1) is 5.41 Å². The average Bonchev–Trinajstić information content (AvgIpc) is 2.21. The van der Waals surface area contributed by atoms with Crippen LogP contribution in [0.25, 0.3) is 0 Å². The molecule has 4 aliphatic carbocycles. The zero-order valence-electron chi connectivity index (χ0n) is 11.9. The minimum Gasteiger partial charge on any atom is -0.390 e. The first-order valence-corrected chi connectivity index (χ1v) is 7.51. The minimum atomic E-state index is -1.02. The molecule has 0 atom stereocenters. The van der Waals surface area contributed by atoms with Gasteiger partial charge in [-0.3, -0.25) is 0 Å². The molecule has 0 saturated heterocycles. The Morgan fingerprint density at radius 3 is 1.32 bits per heavy atom. The summed E-state index contributed by atoms with van der Waals surface area (Å²) in [5.41, 5.74) is -4.52. The molecule has 0 amide bonds. The predicted octanol–water partition coefficient (Wildman–Crippen LogP) is 1.10. The van der Waals surface area contributed by atoms with E-state index in [4.69, 9.17) is 0 Å². The molecule has 4 heteroatoms. The molecule has 4 fully saturated rings. The van der Waals surface area contributed by atoms with Crippen LogP contribution < -0.4 is 0 Å².